The number of Topliss-reactive ketones (excluding diaryl/α,β-unsaturated/α-hetero) is 1. The van der Waals surface area contributed by atoms with Crippen molar-refractivity contribution in [2.24, 2.45) is 52.3 Å². The number of nitrogens with zero attached hydrogens (tertiary/aromatic N) is 2. The zero-order valence-electron chi connectivity index (χ0n) is 20.7. The summed E-state index contributed by atoms with van der Waals surface area (Å²) in [5.74, 6) is 6.56. The third kappa shape index (κ3) is 3.33. The van der Waals surface area contributed by atoms with Gasteiger partial charge in [-0.3, -0.25) is 14.9 Å². The van der Waals surface area contributed by atoms with Crippen LogP contribution in [0.1, 0.15) is 85.0 Å². The predicted octanol–water partition coefficient (Wildman–Crippen LogP) is 6.83. The fourth-order valence-corrected chi connectivity index (χ4v) is 9.83. The van der Waals surface area contributed by atoms with E-state index in [1.807, 2.05) is 6.07 Å². The van der Waals surface area contributed by atoms with E-state index >= 15 is 0 Å². The Morgan fingerprint density at radius 2 is 1.82 bits per heavy atom. The van der Waals surface area contributed by atoms with Gasteiger partial charge in [0.2, 0.25) is 0 Å². The van der Waals surface area contributed by atoms with E-state index in [2.05, 4.69) is 36.0 Å². The number of nitrogens with one attached hydrogen (secondary N) is 1. The molecule has 5 saturated carbocycles. The number of hydrogen-bond donors (Lipinski definition) is 1. The molecule has 0 amide bonds. The lowest BCUT2D eigenvalue weighted by Gasteiger charge is -2.61. The monoisotopic (exact) mass is 447 g/mol. The zero-order valence-corrected chi connectivity index (χ0v) is 20.7. The Labute approximate surface area is 198 Å². The van der Waals surface area contributed by atoms with Gasteiger partial charge >= 0.3 is 0 Å². The van der Waals surface area contributed by atoms with E-state index in [1.165, 1.54) is 57.8 Å². The molecule has 33 heavy (non-hydrogen) atoms. The molecule has 2 heterocycles. The van der Waals surface area contributed by atoms with Gasteiger partial charge in [-0.2, -0.15) is 5.10 Å². The summed E-state index contributed by atoms with van der Waals surface area (Å²) < 4.78 is 0. The molecule has 9 atom stereocenters. The van der Waals surface area contributed by atoms with Crippen molar-refractivity contribution in [2.75, 3.05) is 0 Å². The average Bonchev–Trinajstić information content (AvgIpc) is 3.50. The molecular formula is C29H41N3O. The van der Waals surface area contributed by atoms with E-state index < -0.39 is 0 Å². The standard InChI is InChI=1S/C23H36O.C6H5N3/c1-14-8-10-22(2)16(12-14)5-6-17-18(22)9-11-23(3)19(17)13-15-4-7-20(24)21(15)23;1-2-7-4-6-5(1)3-8-9-6/h14-19,21H,4-13H2,1-3H3;1-4H,(H,8,9)/t14?,15-,16?,17?,18?,19?,21?,22?,23?;/m1./s1. The van der Waals surface area contributed by atoms with Crippen LogP contribution in [-0.4, -0.2) is 21.0 Å². The van der Waals surface area contributed by atoms with Crippen molar-refractivity contribution in [1.82, 2.24) is 15.2 Å². The van der Waals surface area contributed by atoms with Gasteiger partial charge in [0.1, 0.15) is 5.78 Å². The molecule has 0 bridgehead atoms. The fourth-order valence-electron chi connectivity index (χ4n) is 9.83. The van der Waals surface area contributed by atoms with Gasteiger partial charge in [0.25, 0.3) is 0 Å². The average molecular weight is 448 g/mol. The molecule has 0 aromatic carbocycles. The lowest BCUT2D eigenvalue weighted by molar-refractivity contribution is -0.135. The van der Waals surface area contributed by atoms with Crippen molar-refractivity contribution in [3.05, 3.63) is 24.7 Å². The Morgan fingerprint density at radius 3 is 2.67 bits per heavy atom. The maximum atomic E-state index is 12.6. The van der Waals surface area contributed by atoms with Crippen molar-refractivity contribution in [3.8, 4) is 0 Å². The molecule has 0 radical (unpaired) electrons. The first-order valence-electron chi connectivity index (χ1n) is 13.7. The Kier molecular flexibility index (Phi) is 5.23. The lowest BCUT2D eigenvalue weighted by Crippen LogP contribution is -2.53. The van der Waals surface area contributed by atoms with E-state index in [0.717, 1.165) is 52.8 Å². The molecular weight excluding hydrogens is 406 g/mol. The molecule has 4 heteroatoms. The van der Waals surface area contributed by atoms with Gasteiger partial charge < -0.3 is 0 Å². The summed E-state index contributed by atoms with van der Waals surface area (Å²) >= 11 is 0. The lowest BCUT2D eigenvalue weighted by atomic mass is 9.44. The normalized spacial score (nSPS) is 46.0. The number of carbonyl (C=O) groups excluding carboxylic acids is 1. The Balaban J connectivity index is 0.000000192. The predicted molar refractivity (Wildman–Crippen MR) is 131 cm³/mol. The topological polar surface area (TPSA) is 58.6 Å². The van der Waals surface area contributed by atoms with Gasteiger partial charge in [-0.05, 0) is 104 Å². The number of aromatic amines is 1. The first-order chi connectivity index (χ1) is 15.9. The number of aromatic nitrogens is 3. The van der Waals surface area contributed by atoms with E-state index in [-0.39, 0.29) is 0 Å². The SMILES string of the molecule is CC1CCC2(C)C(CCC3C2CCC2(C)C3C[C@H]3CCC(=O)C32)C1.c1cc2cn[nH]c2cn1. The highest BCUT2D eigenvalue weighted by atomic mass is 16.1. The summed E-state index contributed by atoms with van der Waals surface area (Å²) in [7, 11) is 0. The molecule has 1 N–H and O–H groups in total. The Morgan fingerprint density at radius 1 is 0.970 bits per heavy atom. The fraction of sp³-hybridized carbons (Fsp3) is 0.759. The second kappa shape index (κ2) is 7.92. The molecule has 2 aromatic heterocycles. The number of hydrogen-bond acceptors (Lipinski definition) is 3. The largest absolute Gasteiger partial charge is 0.299 e. The van der Waals surface area contributed by atoms with E-state index in [0.29, 0.717) is 22.5 Å². The van der Waals surface area contributed by atoms with Crippen LogP contribution in [0, 0.1) is 52.3 Å². The maximum Gasteiger partial charge on any atom is 0.136 e. The molecule has 5 fully saturated rings. The molecule has 0 aliphatic heterocycles. The van der Waals surface area contributed by atoms with Crippen LogP contribution < -0.4 is 0 Å². The summed E-state index contributed by atoms with van der Waals surface area (Å²) in [5, 5.41) is 7.75. The molecule has 8 unspecified atom stereocenters. The van der Waals surface area contributed by atoms with Crippen molar-refractivity contribution in [3.63, 3.8) is 0 Å². The third-order valence-electron chi connectivity index (χ3n) is 11.5. The zero-order chi connectivity index (χ0) is 22.8. The summed E-state index contributed by atoms with van der Waals surface area (Å²) in [4.78, 5) is 16.5. The minimum atomic E-state index is 0.366. The maximum absolute atomic E-state index is 12.6. The summed E-state index contributed by atoms with van der Waals surface area (Å²) in [6, 6.07) is 1.92. The van der Waals surface area contributed by atoms with Gasteiger partial charge in [0.05, 0.1) is 17.9 Å². The highest BCUT2D eigenvalue weighted by Gasteiger charge is 2.64. The molecule has 0 spiro atoms. The molecule has 4 nitrogen and oxygen atoms in total. The molecule has 0 saturated heterocycles. The summed E-state index contributed by atoms with van der Waals surface area (Å²) in [6.45, 7) is 7.68. The van der Waals surface area contributed by atoms with Crippen molar-refractivity contribution in [2.45, 2.75) is 85.0 Å². The number of fused-ring (bicyclic) bond motifs is 8. The first-order valence-corrected chi connectivity index (χ1v) is 13.7. The number of pyridine rings is 1. The number of rotatable bonds is 0. The Bertz CT molecular complexity index is 1000. The number of ketones is 1. The van der Waals surface area contributed by atoms with Crippen molar-refractivity contribution >= 4 is 16.7 Å². The number of carbonyl (C=O) groups is 1. The van der Waals surface area contributed by atoms with Crippen LogP contribution in [0.25, 0.3) is 10.9 Å². The minimum absolute atomic E-state index is 0.366. The van der Waals surface area contributed by atoms with E-state index in [1.54, 1.807) is 18.6 Å². The van der Waals surface area contributed by atoms with Crippen LogP contribution in [0.3, 0.4) is 0 Å². The summed E-state index contributed by atoms with van der Waals surface area (Å²) in [5.41, 5.74) is 1.97. The highest BCUT2D eigenvalue weighted by Crippen LogP contribution is 2.70. The van der Waals surface area contributed by atoms with Gasteiger partial charge in [0.15, 0.2) is 0 Å². The van der Waals surface area contributed by atoms with Crippen molar-refractivity contribution in [1.29, 1.82) is 0 Å². The third-order valence-corrected chi connectivity index (χ3v) is 11.5. The molecule has 5 aliphatic rings. The second-order valence-electron chi connectivity index (χ2n) is 12.9. The molecule has 178 valence electrons. The molecule has 7 rings (SSSR count). The van der Waals surface area contributed by atoms with Gasteiger partial charge in [0, 0.05) is 23.9 Å². The van der Waals surface area contributed by atoms with E-state index in [4.69, 9.17) is 0 Å². The highest BCUT2D eigenvalue weighted by molar-refractivity contribution is 5.84. The number of H-pyrrole nitrogens is 1. The van der Waals surface area contributed by atoms with Crippen molar-refractivity contribution < 1.29 is 4.79 Å². The van der Waals surface area contributed by atoms with Crippen LogP contribution in [0.5, 0.6) is 0 Å². The smallest absolute Gasteiger partial charge is 0.136 e. The summed E-state index contributed by atoms with van der Waals surface area (Å²) in [6.07, 6.45) is 18.9. The van der Waals surface area contributed by atoms with Crippen LogP contribution >= 0.6 is 0 Å². The van der Waals surface area contributed by atoms with Gasteiger partial charge in [-0.25, -0.2) is 0 Å². The van der Waals surface area contributed by atoms with Crippen LogP contribution in [0.2, 0.25) is 0 Å². The molecule has 2 aromatic rings. The second-order valence-corrected chi connectivity index (χ2v) is 12.9. The van der Waals surface area contributed by atoms with E-state index in [9.17, 15) is 4.79 Å². The quantitative estimate of drug-likeness (QED) is 0.481. The van der Waals surface area contributed by atoms with Crippen LogP contribution in [0.15, 0.2) is 24.7 Å². The van der Waals surface area contributed by atoms with Gasteiger partial charge in [-0.1, -0.05) is 27.2 Å². The minimum Gasteiger partial charge on any atom is -0.299 e. The Hall–Kier alpha value is -1.71. The van der Waals surface area contributed by atoms with Gasteiger partial charge in [-0.15, -0.1) is 0 Å². The van der Waals surface area contributed by atoms with Crippen LogP contribution in [0.4, 0.5) is 0 Å². The van der Waals surface area contributed by atoms with Crippen LogP contribution in [-0.2, 0) is 4.79 Å². The molecule has 5 aliphatic carbocycles. The first kappa shape index (κ1) is 21.8.